The van der Waals surface area contributed by atoms with Crippen molar-refractivity contribution in [3.63, 3.8) is 0 Å². The van der Waals surface area contributed by atoms with Gasteiger partial charge in [-0.3, -0.25) is 0 Å². The van der Waals surface area contributed by atoms with Gasteiger partial charge in [0.25, 0.3) is 0 Å². The van der Waals surface area contributed by atoms with Crippen molar-refractivity contribution in [3.05, 3.63) is 64.8 Å². The number of anilines is 1. The highest BCUT2D eigenvalue weighted by Gasteiger charge is 2.43. The lowest BCUT2D eigenvalue weighted by Gasteiger charge is -2.21. The van der Waals surface area contributed by atoms with E-state index in [1.54, 1.807) is 0 Å². The molecule has 1 saturated heterocycles. The highest BCUT2D eigenvalue weighted by atomic mass is 19.1. The van der Waals surface area contributed by atoms with Crippen LogP contribution in [0.1, 0.15) is 53.3 Å². The number of hydrogen-bond donors (Lipinski definition) is 1. The minimum absolute atomic E-state index is 0.0467. The Morgan fingerprint density at radius 1 is 1.11 bits per heavy atom. The lowest BCUT2D eigenvalue weighted by Crippen LogP contribution is -2.25. The van der Waals surface area contributed by atoms with Crippen molar-refractivity contribution in [1.29, 1.82) is 0 Å². The second-order valence-corrected chi connectivity index (χ2v) is 9.91. The van der Waals surface area contributed by atoms with Gasteiger partial charge in [0.2, 0.25) is 0 Å². The van der Waals surface area contributed by atoms with Gasteiger partial charge in [0.05, 0.1) is 23.8 Å². The molecule has 36 heavy (non-hydrogen) atoms. The molecule has 3 atom stereocenters. The maximum absolute atomic E-state index is 14.5. The number of aromatic carboxylic acids is 1. The van der Waals surface area contributed by atoms with Crippen LogP contribution in [0.3, 0.4) is 0 Å². The Morgan fingerprint density at radius 3 is 2.42 bits per heavy atom. The van der Waals surface area contributed by atoms with Crippen LogP contribution < -0.4 is 4.90 Å². The third-order valence-electron chi connectivity index (χ3n) is 7.51. The summed E-state index contributed by atoms with van der Waals surface area (Å²) in [7, 11) is 0. The van der Waals surface area contributed by atoms with E-state index in [1.807, 2.05) is 4.90 Å². The predicted octanol–water partition coefficient (Wildman–Crippen LogP) is 5.16. The van der Waals surface area contributed by atoms with Gasteiger partial charge in [-0.05, 0) is 55.7 Å². The molecule has 2 aromatic heterocycles. The molecule has 0 unspecified atom stereocenters. The number of pyridine rings is 1. The first-order chi connectivity index (χ1) is 17.4. The number of rotatable bonds is 7. The Kier molecular flexibility index (Phi) is 5.70. The van der Waals surface area contributed by atoms with E-state index in [0.717, 1.165) is 31.7 Å². The van der Waals surface area contributed by atoms with E-state index < -0.39 is 23.4 Å². The average Bonchev–Trinajstić information content (AvgIpc) is 3.31. The Labute approximate surface area is 204 Å². The molecule has 1 aromatic carbocycles. The lowest BCUT2D eigenvalue weighted by molar-refractivity contribution is 0.0402. The standard InChI is InChI=1S/C26H24F3N3O4/c27-19-2-1-3-20(28)22(19)23-18(24(36-31-23)13-4-5-13)12-35-17-6-15-10-32(11-16(15)7-17)25-21(29)8-14(9-30-25)26(33)34/h1-3,8-9,13,15-17H,4-7,10-12H2,(H,33,34)/t15-,16+,17+. The fourth-order valence-corrected chi connectivity index (χ4v) is 5.58. The number of carboxylic acid groups (broad SMARTS) is 1. The van der Waals surface area contributed by atoms with Crippen LogP contribution in [0.15, 0.2) is 35.0 Å². The first-order valence-electron chi connectivity index (χ1n) is 12.1. The van der Waals surface area contributed by atoms with Gasteiger partial charge in [-0.15, -0.1) is 0 Å². The maximum atomic E-state index is 14.5. The molecule has 188 valence electrons. The second kappa shape index (κ2) is 8.92. The second-order valence-electron chi connectivity index (χ2n) is 9.91. The van der Waals surface area contributed by atoms with Crippen LogP contribution in [0.4, 0.5) is 19.0 Å². The molecule has 3 aromatic rings. The first kappa shape index (κ1) is 23.0. The molecule has 0 spiro atoms. The highest BCUT2D eigenvalue weighted by molar-refractivity contribution is 5.87. The summed E-state index contributed by atoms with van der Waals surface area (Å²) in [5.74, 6) is -1.68. The van der Waals surface area contributed by atoms with E-state index >= 15 is 0 Å². The van der Waals surface area contributed by atoms with Crippen molar-refractivity contribution in [2.45, 2.75) is 44.3 Å². The summed E-state index contributed by atoms with van der Waals surface area (Å²) >= 11 is 0. The largest absolute Gasteiger partial charge is 0.478 e. The van der Waals surface area contributed by atoms with Crippen LogP contribution in [0.5, 0.6) is 0 Å². The van der Waals surface area contributed by atoms with Crippen LogP contribution in [-0.4, -0.2) is 40.4 Å². The van der Waals surface area contributed by atoms with Crippen LogP contribution in [0.25, 0.3) is 11.3 Å². The zero-order valence-electron chi connectivity index (χ0n) is 19.3. The number of carbonyl (C=O) groups is 1. The van der Waals surface area contributed by atoms with Crippen molar-refractivity contribution < 1.29 is 32.3 Å². The Bertz CT molecular complexity index is 1290. The normalized spacial score (nSPS) is 23.3. The van der Waals surface area contributed by atoms with Crippen LogP contribution in [0.2, 0.25) is 0 Å². The molecule has 7 nitrogen and oxygen atoms in total. The summed E-state index contributed by atoms with van der Waals surface area (Å²) in [6.45, 7) is 1.36. The number of aromatic nitrogens is 2. The van der Waals surface area contributed by atoms with Gasteiger partial charge in [-0.2, -0.15) is 0 Å². The van der Waals surface area contributed by atoms with E-state index in [-0.39, 0.29) is 53.1 Å². The highest BCUT2D eigenvalue weighted by Crippen LogP contribution is 2.46. The van der Waals surface area contributed by atoms with Crippen LogP contribution in [-0.2, 0) is 11.3 Å². The molecular formula is C26H24F3N3O4. The number of ether oxygens (including phenoxy) is 1. The van der Waals surface area contributed by atoms with Crippen LogP contribution in [0, 0.1) is 29.3 Å². The van der Waals surface area contributed by atoms with Gasteiger partial charge < -0.3 is 19.3 Å². The number of fused-ring (bicyclic) bond motifs is 1. The summed E-state index contributed by atoms with van der Waals surface area (Å²) in [5, 5.41) is 13.0. The van der Waals surface area contributed by atoms with Gasteiger partial charge >= 0.3 is 5.97 Å². The van der Waals surface area contributed by atoms with Crippen molar-refractivity contribution in [2.75, 3.05) is 18.0 Å². The fraction of sp³-hybridized carbons (Fsp3) is 0.423. The molecule has 0 radical (unpaired) electrons. The molecule has 2 aliphatic carbocycles. The molecular weight excluding hydrogens is 475 g/mol. The minimum atomic E-state index is -1.22. The zero-order valence-corrected chi connectivity index (χ0v) is 19.3. The third kappa shape index (κ3) is 4.13. The van der Waals surface area contributed by atoms with Crippen molar-refractivity contribution >= 4 is 11.8 Å². The topological polar surface area (TPSA) is 88.7 Å². The molecule has 3 heterocycles. The SMILES string of the molecule is O=C(O)c1cnc(N2C[C@H]3C[C@H](OCc4c(-c5c(F)cccc5F)noc4C4CC4)C[C@H]3C2)c(F)c1. The number of hydrogen-bond acceptors (Lipinski definition) is 6. The molecule has 0 amide bonds. The molecule has 6 rings (SSSR count). The van der Waals surface area contributed by atoms with Crippen LogP contribution >= 0.6 is 0 Å². The first-order valence-corrected chi connectivity index (χ1v) is 12.1. The quantitative estimate of drug-likeness (QED) is 0.480. The van der Waals surface area contributed by atoms with Gasteiger partial charge in [-0.25, -0.2) is 22.9 Å². The zero-order chi connectivity index (χ0) is 25.0. The Hall–Kier alpha value is -3.40. The Morgan fingerprint density at radius 2 is 1.81 bits per heavy atom. The van der Waals surface area contributed by atoms with Crippen molar-refractivity contribution in [1.82, 2.24) is 10.1 Å². The molecule has 3 aliphatic rings. The number of carboxylic acids is 1. The van der Waals surface area contributed by atoms with E-state index in [1.165, 1.54) is 24.4 Å². The maximum Gasteiger partial charge on any atom is 0.337 e. The summed E-state index contributed by atoms with van der Waals surface area (Å²) in [4.78, 5) is 16.9. The summed E-state index contributed by atoms with van der Waals surface area (Å²) in [6.07, 6.45) is 4.56. The number of nitrogens with zero attached hydrogens (tertiary/aromatic N) is 3. The van der Waals surface area contributed by atoms with E-state index in [0.29, 0.717) is 24.4 Å². The fourth-order valence-electron chi connectivity index (χ4n) is 5.58. The monoisotopic (exact) mass is 499 g/mol. The molecule has 1 aliphatic heterocycles. The van der Waals surface area contributed by atoms with Gasteiger partial charge in [0.1, 0.15) is 23.1 Å². The van der Waals surface area contributed by atoms with Crippen molar-refractivity contribution in [3.8, 4) is 11.3 Å². The Balaban J connectivity index is 1.13. The molecule has 0 bridgehead atoms. The van der Waals surface area contributed by atoms with Gasteiger partial charge in [0, 0.05) is 30.8 Å². The molecule has 10 heteroatoms. The molecule has 2 saturated carbocycles. The third-order valence-corrected chi connectivity index (χ3v) is 7.51. The van der Waals surface area contributed by atoms with E-state index in [9.17, 15) is 18.0 Å². The lowest BCUT2D eigenvalue weighted by atomic mass is 10.0. The summed E-state index contributed by atoms with van der Waals surface area (Å²) in [5.41, 5.74) is 0.375. The van der Waals surface area contributed by atoms with Gasteiger partial charge in [0.15, 0.2) is 11.6 Å². The average molecular weight is 499 g/mol. The smallest absolute Gasteiger partial charge is 0.337 e. The summed E-state index contributed by atoms with van der Waals surface area (Å²) in [6, 6.07) is 4.71. The van der Waals surface area contributed by atoms with E-state index in [4.69, 9.17) is 14.4 Å². The van der Waals surface area contributed by atoms with Gasteiger partial charge in [-0.1, -0.05) is 11.2 Å². The molecule has 1 N–H and O–H groups in total. The van der Waals surface area contributed by atoms with Crippen molar-refractivity contribution in [2.24, 2.45) is 11.8 Å². The summed E-state index contributed by atoms with van der Waals surface area (Å²) < 4.78 is 55.2. The number of halogens is 3. The molecule has 3 fully saturated rings. The van der Waals surface area contributed by atoms with E-state index in [2.05, 4.69) is 10.1 Å². The number of benzene rings is 1. The predicted molar refractivity (Wildman–Crippen MR) is 122 cm³/mol. The minimum Gasteiger partial charge on any atom is -0.478 e.